The summed E-state index contributed by atoms with van der Waals surface area (Å²) in [6.07, 6.45) is 0. The van der Waals surface area contributed by atoms with Crippen LogP contribution in [-0.2, 0) is 19.9 Å². The highest BCUT2D eigenvalue weighted by atomic mass is 16.4. The second kappa shape index (κ2) is 11.8. The van der Waals surface area contributed by atoms with Gasteiger partial charge < -0.3 is 14.9 Å². The summed E-state index contributed by atoms with van der Waals surface area (Å²) in [7, 11) is 1.43. The van der Waals surface area contributed by atoms with Gasteiger partial charge in [0, 0.05) is 26.7 Å². The fraction of sp³-hybridized carbons (Fsp3) is 0.333. The Morgan fingerprint density at radius 3 is 1.71 bits per heavy atom. The van der Waals surface area contributed by atoms with E-state index in [1.54, 1.807) is 13.8 Å². The van der Waals surface area contributed by atoms with E-state index in [1.165, 1.54) is 16.8 Å². The van der Waals surface area contributed by atoms with Gasteiger partial charge in [-0.25, -0.2) is 9.59 Å². The van der Waals surface area contributed by atoms with E-state index in [0.717, 1.165) is 21.6 Å². The van der Waals surface area contributed by atoms with E-state index in [2.05, 4.69) is 41.3 Å². The lowest BCUT2D eigenvalue weighted by atomic mass is 9.76. The molecule has 0 spiro atoms. The van der Waals surface area contributed by atoms with Crippen LogP contribution in [0.1, 0.15) is 30.5 Å². The molecular weight excluding hydrogens is 532 g/mol. The number of rotatable bonds is 8. The molecule has 9 heteroatoms. The van der Waals surface area contributed by atoms with Crippen molar-refractivity contribution >= 4 is 23.8 Å². The first-order chi connectivity index (χ1) is 20.2. The van der Waals surface area contributed by atoms with Crippen LogP contribution in [0.2, 0.25) is 0 Å². The third-order valence-corrected chi connectivity index (χ3v) is 8.26. The quantitative estimate of drug-likeness (QED) is 0.254. The second-order valence-electron chi connectivity index (χ2n) is 11.2. The summed E-state index contributed by atoms with van der Waals surface area (Å²) in [5, 5.41) is 9.60. The molecule has 0 bridgehead atoms. The number of likely N-dealkylation sites (N-methyl/N-ethyl adjacent to an activating group) is 1. The van der Waals surface area contributed by atoms with Crippen molar-refractivity contribution in [3.05, 3.63) is 108 Å². The van der Waals surface area contributed by atoms with Crippen LogP contribution in [0.15, 0.2) is 91.0 Å². The van der Waals surface area contributed by atoms with Crippen molar-refractivity contribution in [1.82, 2.24) is 19.6 Å². The van der Waals surface area contributed by atoms with E-state index in [4.69, 9.17) is 0 Å². The molecule has 0 aromatic heterocycles. The number of imide groups is 1. The van der Waals surface area contributed by atoms with Crippen LogP contribution in [0.5, 0.6) is 0 Å². The zero-order chi connectivity index (χ0) is 30.0. The standard InChI is InChI=1S/C33H36N4O5/c1-23(2)29(31(40)41)34(3)32(42)35-19-20-36(28(38)22-35)30(39)27-21-37(27)33(24-13-7-4-8-14-24,25-15-9-5-10-16-25)26-17-11-6-12-18-26/h4-18,23,27,29H,19-22H2,1-3H3,(H,40,41)/t27?,29?,37-/m1/s1. The summed E-state index contributed by atoms with van der Waals surface area (Å²) in [5.41, 5.74) is 2.29. The van der Waals surface area contributed by atoms with Crippen LogP contribution in [0.25, 0.3) is 0 Å². The van der Waals surface area contributed by atoms with Gasteiger partial charge in [-0.05, 0) is 22.6 Å². The maximum Gasteiger partial charge on any atom is 0.326 e. The number of aliphatic carboxylic acids is 1. The Labute approximate surface area is 245 Å². The van der Waals surface area contributed by atoms with Crippen LogP contribution >= 0.6 is 0 Å². The van der Waals surface area contributed by atoms with E-state index < -0.39 is 35.5 Å². The predicted molar refractivity (Wildman–Crippen MR) is 157 cm³/mol. The van der Waals surface area contributed by atoms with Crippen LogP contribution in [0.4, 0.5) is 4.79 Å². The van der Waals surface area contributed by atoms with E-state index in [1.807, 2.05) is 54.6 Å². The first-order valence-electron chi connectivity index (χ1n) is 14.2. The molecule has 1 N–H and O–H groups in total. The largest absolute Gasteiger partial charge is 0.480 e. The molecule has 2 aliphatic heterocycles. The maximum atomic E-state index is 13.9. The topological polar surface area (TPSA) is 101 Å². The number of benzene rings is 3. The van der Waals surface area contributed by atoms with Gasteiger partial charge in [-0.15, -0.1) is 0 Å². The van der Waals surface area contributed by atoms with Crippen molar-refractivity contribution in [2.75, 3.05) is 33.2 Å². The van der Waals surface area contributed by atoms with E-state index in [9.17, 15) is 24.3 Å². The SMILES string of the molecule is CC(C)C(C(=O)O)N(C)C(=O)N1CCN(C(=O)C2C[N@@]2C(c2ccccc2)(c2ccccc2)c2ccccc2)C(=O)C1. The Morgan fingerprint density at radius 2 is 1.31 bits per heavy atom. The van der Waals surface area contributed by atoms with E-state index in [0.29, 0.717) is 6.54 Å². The molecule has 2 unspecified atom stereocenters. The number of urea groups is 1. The Kier molecular flexibility index (Phi) is 8.13. The van der Waals surface area contributed by atoms with Crippen LogP contribution < -0.4 is 0 Å². The molecule has 0 radical (unpaired) electrons. The number of carbonyl (C=O) groups is 4. The minimum atomic E-state index is -1.10. The summed E-state index contributed by atoms with van der Waals surface area (Å²) in [6.45, 7) is 3.82. The van der Waals surface area contributed by atoms with Gasteiger partial charge in [0.1, 0.15) is 18.6 Å². The molecule has 3 atom stereocenters. The summed E-state index contributed by atoms with van der Waals surface area (Å²) in [4.78, 5) is 57.9. The van der Waals surface area contributed by atoms with Crippen LogP contribution in [0.3, 0.4) is 0 Å². The second-order valence-corrected chi connectivity index (χ2v) is 11.2. The smallest absolute Gasteiger partial charge is 0.326 e. The summed E-state index contributed by atoms with van der Waals surface area (Å²) in [5.74, 6) is -2.18. The molecule has 4 amide bonds. The van der Waals surface area contributed by atoms with Crippen molar-refractivity contribution in [2.45, 2.75) is 31.5 Å². The highest BCUT2D eigenvalue weighted by molar-refractivity contribution is 6.01. The molecule has 9 nitrogen and oxygen atoms in total. The lowest BCUT2D eigenvalue weighted by molar-refractivity contribution is -0.148. The normalized spacial score (nSPS) is 19.4. The number of piperazine rings is 1. The fourth-order valence-electron chi connectivity index (χ4n) is 6.25. The number of carboxylic acids is 1. The van der Waals surface area contributed by atoms with Gasteiger partial charge in [-0.3, -0.25) is 19.4 Å². The van der Waals surface area contributed by atoms with Gasteiger partial charge in [0.05, 0.1) is 5.54 Å². The van der Waals surface area contributed by atoms with E-state index in [-0.39, 0.29) is 31.5 Å². The predicted octanol–water partition coefficient (Wildman–Crippen LogP) is 3.49. The van der Waals surface area contributed by atoms with Crippen LogP contribution in [-0.4, -0.2) is 93.8 Å². The molecule has 3 aromatic carbocycles. The van der Waals surface area contributed by atoms with Gasteiger partial charge in [0.15, 0.2) is 0 Å². The molecule has 2 aliphatic rings. The summed E-state index contributed by atoms with van der Waals surface area (Å²) >= 11 is 0. The fourth-order valence-corrected chi connectivity index (χ4v) is 6.25. The minimum Gasteiger partial charge on any atom is -0.480 e. The third kappa shape index (κ3) is 5.16. The molecule has 3 aromatic rings. The number of nitrogens with zero attached hydrogens (tertiary/aromatic N) is 4. The summed E-state index contributed by atoms with van der Waals surface area (Å²) < 4.78 is 0. The Morgan fingerprint density at radius 1 is 0.833 bits per heavy atom. The first kappa shape index (κ1) is 29.0. The molecule has 2 saturated heterocycles. The third-order valence-electron chi connectivity index (χ3n) is 8.26. The lowest BCUT2D eigenvalue weighted by Gasteiger charge is -2.39. The molecule has 0 aliphatic carbocycles. The monoisotopic (exact) mass is 568 g/mol. The highest BCUT2D eigenvalue weighted by Gasteiger charge is 2.57. The van der Waals surface area contributed by atoms with Crippen molar-refractivity contribution in [1.29, 1.82) is 0 Å². The molecule has 42 heavy (non-hydrogen) atoms. The Bertz CT molecular complexity index is 1350. The minimum absolute atomic E-state index is 0.0516. The number of carboxylic acid groups (broad SMARTS) is 1. The molecule has 0 saturated carbocycles. The van der Waals surface area contributed by atoms with Gasteiger partial charge in [0.25, 0.3) is 0 Å². The van der Waals surface area contributed by atoms with Crippen molar-refractivity contribution in [3.63, 3.8) is 0 Å². The van der Waals surface area contributed by atoms with E-state index >= 15 is 0 Å². The molecule has 2 heterocycles. The lowest BCUT2D eigenvalue weighted by Crippen LogP contribution is -2.59. The van der Waals surface area contributed by atoms with Crippen molar-refractivity contribution in [2.24, 2.45) is 5.92 Å². The number of hydrogen-bond acceptors (Lipinski definition) is 5. The molecular formula is C33H36N4O5. The zero-order valence-electron chi connectivity index (χ0n) is 24.1. The Balaban J connectivity index is 1.40. The van der Waals surface area contributed by atoms with Gasteiger partial charge in [-0.1, -0.05) is 105 Å². The van der Waals surface area contributed by atoms with Crippen LogP contribution in [0, 0.1) is 5.92 Å². The number of carbonyl (C=O) groups excluding carboxylic acids is 3. The van der Waals surface area contributed by atoms with Gasteiger partial charge >= 0.3 is 12.0 Å². The molecule has 5 rings (SSSR count). The van der Waals surface area contributed by atoms with Crippen molar-refractivity contribution < 1.29 is 24.3 Å². The highest BCUT2D eigenvalue weighted by Crippen LogP contribution is 2.48. The Hall–Kier alpha value is -4.50. The first-order valence-corrected chi connectivity index (χ1v) is 14.2. The number of hydrogen-bond donors (Lipinski definition) is 1. The summed E-state index contributed by atoms with van der Waals surface area (Å²) in [6, 6.07) is 28.1. The van der Waals surface area contributed by atoms with Crippen molar-refractivity contribution in [3.8, 4) is 0 Å². The van der Waals surface area contributed by atoms with Gasteiger partial charge in [0.2, 0.25) is 11.8 Å². The molecule has 218 valence electrons. The maximum absolute atomic E-state index is 13.9. The molecule has 2 fully saturated rings. The average Bonchev–Trinajstić information content (AvgIpc) is 3.79. The number of amides is 4. The zero-order valence-corrected chi connectivity index (χ0v) is 24.1. The average molecular weight is 569 g/mol. The van der Waals surface area contributed by atoms with Gasteiger partial charge in [-0.2, -0.15) is 0 Å².